The van der Waals surface area contributed by atoms with Crippen molar-refractivity contribution in [1.82, 2.24) is 20.0 Å². The van der Waals surface area contributed by atoms with Gasteiger partial charge in [0.15, 0.2) is 0 Å². The molecule has 7 heteroatoms. The van der Waals surface area contributed by atoms with E-state index in [0.717, 1.165) is 24.2 Å². The zero-order valence-corrected chi connectivity index (χ0v) is 16.3. The molecule has 1 fully saturated rings. The summed E-state index contributed by atoms with van der Waals surface area (Å²) in [6.45, 7) is 3.50. The Morgan fingerprint density at radius 2 is 1.92 bits per heavy atom. The van der Waals surface area contributed by atoms with Crippen LogP contribution in [0.1, 0.15) is 30.0 Å². The molecule has 0 bridgehead atoms. The van der Waals surface area contributed by atoms with Crippen LogP contribution in [-0.4, -0.2) is 46.8 Å². The van der Waals surface area contributed by atoms with Gasteiger partial charge in [-0.15, -0.1) is 12.4 Å². The standard InChI is InChI=1S/C19H26N4O2.ClH/c1-14-4-6-16(7-5-14)25-17-8-10-23(11-9-17)19(24)18(20-2)15-12-21-22(3)13-15;/h4-7,12-13,17-18,20H,8-11H2,1-3H3;1H. The van der Waals surface area contributed by atoms with Crippen LogP contribution in [0.3, 0.4) is 0 Å². The van der Waals surface area contributed by atoms with Gasteiger partial charge >= 0.3 is 0 Å². The van der Waals surface area contributed by atoms with Gasteiger partial charge in [0.05, 0.1) is 6.20 Å². The summed E-state index contributed by atoms with van der Waals surface area (Å²) in [4.78, 5) is 14.7. The number of halogens is 1. The Morgan fingerprint density at radius 3 is 2.46 bits per heavy atom. The summed E-state index contributed by atoms with van der Waals surface area (Å²) in [5.74, 6) is 1.00. The number of carbonyl (C=O) groups is 1. The number of rotatable bonds is 5. The lowest BCUT2D eigenvalue weighted by atomic mass is 10.0. The fourth-order valence-corrected chi connectivity index (χ4v) is 3.21. The first-order valence-electron chi connectivity index (χ1n) is 8.74. The molecule has 1 atom stereocenters. The number of carbonyl (C=O) groups excluding carboxylic acids is 1. The third-order valence-electron chi connectivity index (χ3n) is 4.67. The van der Waals surface area contributed by atoms with Crippen molar-refractivity contribution in [3.63, 3.8) is 0 Å². The van der Waals surface area contributed by atoms with Crippen LogP contribution in [-0.2, 0) is 11.8 Å². The van der Waals surface area contributed by atoms with E-state index in [9.17, 15) is 4.79 Å². The normalized spacial score (nSPS) is 16.0. The number of hydrogen-bond acceptors (Lipinski definition) is 4. The quantitative estimate of drug-likeness (QED) is 0.868. The van der Waals surface area contributed by atoms with Crippen molar-refractivity contribution in [2.24, 2.45) is 7.05 Å². The molecule has 0 radical (unpaired) electrons. The van der Waals surface area contributed by atoms with Crippen LogP contribution in [0.2, 0.25) is 0 Å². The highest BCUT2D eigenvalue weighted by Crippen LogP contribution is 2.22. The predicted octanol–water partition coefficient (Wildman–Crippen LogP) is 2.48. The predicted molar refractivity (Wildman–Crippen MR) is 104 cm³/mol. The van der Waals surface area contributed by atoms with E-state index in [1.165, 1.54) is 5.56 Å². The molecule has 2 aromatic rings. The van der Waals surface area contributed by atoms with Crippen LogP contribution < -0.4 is 10.1 Å². The molecule has 1 amide bonds. The highest BCUT2D eigenvalue weighted by molar-refractivity contribution is 5.85. The first-order chi connectivity index (χ1) is 12.1. The Labute approximate surface area is 160 Å². The Bertz CT molecular complexity index is 709. The van der Waals surface area contributed by atoms with Crippen LogP contribution in [0.25, 0.3) is 0 Å². The van der Waals surface area contributed by atoms with Gasteiger partial charge in [-0.3, -0.25) is 9.48 Å². The number of likely N-dealkylation sites (N-methyl/N-ethyl adjacent to an activating group) is 1. The Hall–Kier alpha value is -2.05. The largest absolute Gasteiger partial charge is 0.490 e. The zero-order valence-electron chi connectivity index (χ0n) is 15.5. The zero-order chi connectivity index (χ0) is 17.8. The van der Waals surface area contributed by atoms with Gasteiger partial charge in [-0.05, 0) is 26.1 Å². The lowest BCUT2D eigenvalue weighted by Crippen LogP contribution is -2.46. The fourth-order valence-electron chi connectivity index (χ4n) is 3.21. The Morgan fingerprint density at radius 1 is 1.27 bits per heavy atom. The SMILES string of the molecule is CNC(C(=O)N1CCC(Oc2ccc(C)cc2)CC1)c1cnn(C)c1.Cl. The van der Waals surface area contributed by atoms with Gasteiger partial charge in [-0.2, -0.15) is 5.10 Å². The molecule has 1 aromatic heterocycles. The number of benzene rings is 1. The van der Waals surface area contributed by atoms with Gasteiger partial charge < -0.3 is 15.0 Å². The minimum atomic E-state index is -0.344. The molecule has 1 aliphatic rings. The first-order valence-corrected chi connectivity index (χ1v) is 8.74. The van der Waals surface area contributed by atoms with Crippen LogP contribution in [0.4, 0.5) is 0 Å². The smallest absolute Gasteiger partial charge is 0.244 e. The van der Waals surface area contributed by atoms with E-state index in [1.54, 1.807) is 10.9 Å². The number of ether oxygens (including phenoxy) is 1. The van der Waals surface area contributed by atoms with Gasteiger partial charge in [-0.1, -0.05) is 17.7 Å². The number of amides is 1. The van der Waals surface area contributed by atoms with Crippen molar-refractivity contribution in [1.29, 1.82) is 0 Å². The molecule has 1 N–H and O–H groups in total. The highest BCUT2D eigenvalue weighted by atomic mass is 35.5. The van der Waals surface area contributed by atoms with Gasteiger partial charge in [0, 0.05) is 44.7 Å². The van der Waals surface area contributed by atoms with Crippen molar-refractivity contribution in [2.75, 3.05) is 20.1 Å². The third kappa shape index (κ3) is 4.77. The molecule has 1 unspecified atom stereocenters. The number of nitrogens with zero attached hydrogens (tertiary/aromatic N) is 3. The van der Waals surface area contributed by atoms with E-state index >= 15 is 0 Å². The van der Waals surface area contributed by atoms with Crippen LogP contribution >= 0.6 is 12.4 Å². The summed E-state index contributed by atoms with van der Waals surface area (Å²) in [6, 6.07) is 7.78. The van der Waals surface area contributed by atoms with E-state index in [-0.39, 0.29) is 30.5 Å². The first kappa shape index (κ1) is 20.3. The Balaban J connectivity index is 0.00000243. The van der Waals surface area contributed by atoms with Gasteiger partial charge in [0.25, 0.3) is 0 Å². The monoisotopic (exact) mass is 378 g/mol. The molecule has 1 aromatic carbocycles. The van der Waals surface area contributed by atoms with E-state index < -0.39 is 0 Å². The lowest BCUT2D eigenvalue weighted by Gasteiger charge is -2.34. The molecule has 3 rings (SSSR count). The third-order valence-corrected chi connectivity index (χ3v) is 4.67. The second-order valence-corrected chi connectivity index (χ2v) is 6.62. The fraction of sp³-hybridized carbons (Fsp3) is 0.474. The number of hydrogen-bond donors (Lipinski definition) is 1. The van der Waals surface area contributed by atoms with E-state index in [1.807, 2.05) is 37.3 Å². The summed E-state index contributed by atoms with van der Waals surface area (Å²) >= 11 is 0. The van der Waals surface area contributed by atoms with E-state index in [4.69, 9.17) is 4.74 Å². The maximum atomic E-state index is 12.8. The number of piperidine rings is 1. The molecule has 1 aliphatic heterocycles. The molecule has 26 heavy (non-hydrogen) atoms. The van der Waals surface area contributed by atoms with Crippen molar-refractivity contribution in [3.05, 3.63) is 47.8 Å². The second kappa shape index (κ2) is 9.05. The van der Waals surface area contributed by atoms with Gasteiger partial charge in [-0.25, -0.2) is 0 Å². The van der Waals surface area contributed by atoms with Crippen LogP contribution in [0, 0.1) is 6.92 Å². The van der Waals surface area contributed by atoms with Crippen molar-refractivity contribution in [2.45, 2.75) is 31.9 Å². The Kier molecular flexibility index (Phi) is 7.06. The molecule has 0 aliphatic carbocycles. The topological polar surface area (TPSA) is 59.4 Å². The summed E-state index contributed by atoms with van der Waals surface area (Å²) < 4.78 is 7.76. The number of aromatic nitrogens is 2. The average molecular weight is 379 g/mol. The minimum Gasteiger partial charge on any atom is -0.490 e. The molecule has 6 nitrogen and oxygen atoms in total. The van der Waals surface area contributed by atoms with Crippen molar-refractivity contribution < 1.29 is 9.53 Å². The van der Waals surface area contributed by atoms with Gasteiger partial charge in [0.2, 0.25) is 5.91 Å². The number of nitrogens with one attached hydrogen (secondary N) is 1. The molecule has 1 saturated heterocycles. The van der Waals surface area contributed by atoms with Gasteiger partial charge in [0.1, 0.15) is 17.9 Å². The number of likely N-dealkylation sites (tertiary alicyclic amines) is 1. The molecular weight excluding hydrogens is 352 g/mol. The van der Waals surface area contributed by atoms with Crippen LogP contribution in [0.15, 0.2) is 36.7 Å². The van der Waals surface area contributed by atoms with Crippen LogP contribution in [0.5, 0.6) is 5.75 Å². The summed E-state index contributed by atoms with van der Waals surface area (Å²) in [7, 11) is 3.66. The van der Waals surface area contributed by atoms with Crippen molar-refractivity contribution in [3.8, 4) is 5.75 Å². The average Bonchev–Trinajstić information content (AvgIpc) is 3.04. The lowest BCUT2D eigenvalue weighted by molar-refractivity contribution is -0.135. The highest BCUT2D eigenvalue weighted by Gasteiger charge is 2.29. The summed E-state index contributed by atoms with van der Waals surface area (Å²) in [5, 5.41) is 7.27. The molecular formula is C19H27ClN4O2. The summed E-state index contributed by atoms with van der Waals surface area (Å²) in [5.41, 5.74) is 2.12. The number of aryl methyl sites for hydroxylation is 2. The van der Waals surface area contributed by atoms with E-state index in [0.29, 0.717) is 13.1 Å². The summed E-state index contributed by atoms with van der Waals surface area (Å²) in [6.07, 6.45) is 5.49. The second-order valence-electron chi connectivity index (χ2n) is 6.62. The van der Waals surface area contributed by atoms with Crippen molar-refractivity contribution >= 4 is 18.3 Å². The van der Waals surface area contributed by atoms with E-state index in [2.05, 4.69) is 29.5 Å². The minimum absolute atomic E-state index is 0. The molecule has 2 heterocycles. The molecule has 142 valence electrons. The molecule has 0 saturated carbocycles. The molecule has 0 spiro atoms. The maximum Gasteiger partial charge on any atom is 0.244 e. The maximum absolute atomic E-state index is 12.8.